The average molecular weight is 426 g/mol. The Morgan fingerprint density at radius 1 is 1.04 bits per heavy atom. The third kappa shape index (κ3) is 2.54. The van der Waals surface area contributed by atoms with Crippen LogP contribution in [0.4, 0.5) is 5.69 Å². The molecule has 0 fully saturated rings. The van der Waals surface area contributed by atoms with Crippen LogP contribution in [0.5, 0.6) is 0 Å². The number of aromatic carboxylic acids is 1. The molecule has 1 aliphatic rings. The van der Waals surface area contributed by atoms with Crippen molar-refractivity contribution >= 4 is 49.3 Å². The maximum Gasteiger partial charge on any atom is 0.335 e. The van der Waals surface area contributed by atoms with Crippen molar-refractivity contribution in [3.63, 3.8) is 0 Å². The van der Waals surface area contributed by atoms with Crippen molar-refractivity contribution in [2.45, 2.75) is 4.90 Å². The minimum absolute atomic E-state index is 0.0257. The van der Waals surface area contributed by atoms with Gasteiger partial charge in [0.25, 0.3) is 10.1 Å². The highest BCUT2D eigenvalue weighted by Crippen LogP contribution is 2.39. The molecule has 0 heterocycles. The van der Waals surface area contributed by atoms with Crippen molar-refractivity contribution in [2.75, 3.05) is 5.73 Å². The first-order chi connectivity index (χ1) is 11.5. The van der Waals surface area contributed by atoms with Gasteiger partial charge in [0.2, 0.25) is 0 Å². The number of nitrogen functional groups attached to an aromatic ring is 1. The van der Waals surface area contributed by atoms with Crippen LogP contribution >= 0.6 is 15.9 Å². The molecule has 0 unspecified atom stereocenters. The number of hydrogen-bond donors (Lipinski definition) is 3. The zero-order valence-corrected chi connectivity index (χ0v) is 14.5. The van der Waals surface area contributed by atoms with E-state index in [-0.39, 0.29) is 26.7 Å². The van der Waals surface area contributed by atoms with Crippen LogP contribution in [0.15, 0.2) is 33.6 Å². The van der Waals surface area contributed by atoms with Crippen molar-refractivity contribution in [1.29, 1.82) is 0 Å². The van der Waals surface area contributed by atoms with Gasteiger partial charge in [-0.2, -0.15) is 8.42 Å². The molecular formula is C15H8BrNO7S. The lowest BCUT2D eigenvalue weighted by atomic mass is 9.82. The van der Waals surface area contributed by atoms with Gasteiger partial charge in [-0.25, -0.2) is 4.79 Å². The van der Waals surface area contributed by atoms with E-state index in [0.717, 1.165) is 12.1 Å². The maximum atomic E-state index is 12.8. The molecule has 0 saturated heterocycles. The Balaban J connectivity index is 2.39. The third-order valence-corrected chi connectivity index (χ3v) is 5.29. The third-order valence-electron chi connectivity index (χ3n) is 3.77. The normalized spacial score (nSPS) is 13.4. The molecule has 0 aromatic heterocycles. The molecule has 25 heavy (non-hydrogen) atoms. The quantitative estimate of drug-likeness (QED) is 0.414. The molecule has 3 rings (SSSR count). The number of rotatable bonds is 2. The van der Waals surface area contributed by atoms with E-state index in [4.69, 9.17) is 10.8 Å². The van der Waals surface area contributed by atoms with E-state index in [9.17, 15) is 27.4 Å². The lowest BCUT2D eigenvalue weighted by Gasteiger charge is -2.21. The van der Waals surface area contributed by atoms with Gasteiger partial charge in [0.1, 0.15) is 4.90 Å². The topological polar surface area (TPSA) is 152 Å². The van der Waals surface area contributed by atoms with E-state index in [0.29, 0.717) is 0 Å². The SMILES string of the molecule is Nc1c(S(=O)(=O)O)cc(Br)c2c1C(=O)c1cc(C(=O)O)ccc1C2=O. The summed E-state index contributed by atoms with van der Waals surface area (Å²) in [5.41, 5.74) is 4.14. The first-order valence-electron chi connectivity index (χ1n) is 6.60. The molecular weight excluding hydrogens is 418 g/mol. The Morgan fingerprint density at radius 3 is 2.20 bits per heavy atom. The highest BCUT2D eigenvalue weighted by atomic mass is 79.9. The van der Waals surface area contributed by atoms with Crippen LogP contribution in [-0.4, -0.2) is 35.6 Å². The van der Waals surface area contributed by atoms with Gasteiger partial charge >= 0.3 is 5.97 Å². The second-order valence-corrected chi connectivity index (χ2v) is 7.46. The monoisotopic (exact) mass is 425 g/mol. The van der Waals surface area contributed by atoms with Crippen molar-refractivity contribution in [3.05, 3.63) is 56.6 Å². The number of carbonyl (C=O) groups excluding carboxylic acids is 2. The molecule has 128 valence electrons. The second-order valence-electron chi connectivity index (χ2n) is 5.22. The Labute approximate surface area is 149 Å². The van der Waals surface area contributed by atoms with Crippen LogP contribution in [0, 0.1) is 0 Å². The van der Waals surface area contributed by atoms with Crippen LogP contribution in [-0.2, 0) is 10.1 Å². The molecule has 0 amide bonds. The lowest BCUT2D eigenvalue weighted by molar-refractivity contribution is 0.0696. The number of carbonyl (C=O) groups is 3. The smallest absolute Gasteiger partial charge is 0.335 e. The largest absolute Gasteiger partial charge is 0.478 e. The first kappa shape index (κ1) is 17.3. The second kappa shape index (κ2) is 5.48. The molecule has 0 atom stereocenters. The molecule has 2 aromatic carbocycles. The number of anilines is 1. The molecule has 1 aliphatic carbocycles. The molecule has 0 aliphatic heterocycles. The van der Waals surface area contributed by atoms with Gasteiger partial charge in [0, 0.05) is 15.6 Å². The molecule has 0 bridgehead atoms. The zero-order valence-electron chi connectivity index (χ0n) is 12.1. The number of carboxylic acid groups (broad SMARTS) is 1. The molecule has 8 nitrogen and oxygen atoms in total. The molecule has 0 spiro atoms. The average Bonchev–Trinajstić information content (AvgIpc) is 2.52. The van der Waals surface area contributed by atoms with E-state index in [1.165, 1.54) is 12.1 Å². The Morgan fingerprint density at radius 2 is 1.64 bits per heavy atom. The summed E-state index contributed by atoms with van der Waals surface area (Å²) in [5.74, 6) is -2.73. The Kier molecular flexibility index (Phi) is 3.78. The fraction of sp³-hybridized carbons (Fsp3) is 0. The van der Waals surface area contributed by atoms with E-state index in [1.54, 1.807) is 0 Å². The van der Waals surface area contributed by atoms with Gasteiger partial charge < -0.3 is 10.8 Å². The van der Waals surface area contributed by atoms with Crippen LogP contribution in [0.1, 0.15) is 42.2 Å². The van der Waals surface area contributed by atoms with Crippen LogP contribution in [0.25, 0.3) is 0 Å². The fourth-order valence-electron chi connectivity index (χ4n) is 2.65. The summed E-state index contributed by atoms with van der Waals surface area (Å²) in [7, 11) is -4.74. The molecule has 0 radical (unpaired) electrons. The first-order valence-corrected chi connectivity index (χ1v) is 8.83. The van der Waals surface area contributed by atoms with Crippen molar-refractivity contribution in [1.82, 2.24) is 0 Å². The predicted molar refractivity (Wildman–Crippen MR) is 88.6 cm³/mol. The molecule has 0 saturated carbocycles. The summed E-state index contributed by atoms with van der Waals surface area (Å²) in [5, 5.41) is 9.04. The fourth-order valence-corrected chi connectivity index (χ4v) is 4.05. The van der Waals surface area contributed by atoms with Gasteiger partial charge in [0.05, 0.1) is 22.4 Å². The van der Waals surface area contributed by atoms with Crippen molar-refractivity contribution in [3.8, 4) is 0 Å². The van der Waals surface area contributed by atoms with Gasteiger partial charge in [-0.05, 0) is 40.2 Å². The highest BCUT2D eigenvalue weighted by molar-refractivity contribution is 9.10. The van der Waals surface area contributed by atoms with Gasteiger partial charge in [-0.1, -0.05) is 0 Å². The standard InChI is InChI=1S/C15H8BrNO7S/c16-8-4-9(25(22,23)24)12(17)11-10(8)13(18)6-2-1-5(15(20)21)3-7(6)14(11)19/h1-4H,17H2,(H,20,21)(H,22,23,24). The number of carboxylic acids is 1. The van der Waals surface area contributed by atoms with Gasteiger partial charge in [-0.15, -0.1) is 0 Å². The van der Waals surface area contributed by atoms with Crippen molar-refractivity contribution in [2.24, 2.45) is 0 Å². The van der Waals surface area contributed by atoms with E-state index >= 15 is 0 Å². The summed E-state index contributed by atoms with van der Waals surface area (Å²) < 4.78 is 32.1. The molecule has 2 aromatic rings. The van der Waals surface area contributed by atoms with Crippen LogP contribution in [0.2, 0.25) is 0 Å². The molecule has 4 N–H and O–H groups in total. The van der Waals surface area contributed by atoms with E-state index in [1.807, 2.05) is 0 Å². The zero-order chi connectivity index (χ0) is 18.7. The maximum absolute atomic E-state index is 12.8. The van der Waals surface area contributed by atoms with Crippen LogP contribution < -0.4 is 5.73 Å². The van der Waals surface area contributed by atoms with Gasteiger partial charge in [0.15, 0.2) is 11.6 Å². The molecule has 10 heteroatoms. The van der Waals surface area contributed by atoms with E-state index < -0.39 is 43.8 Å². The number of fused-ring (bicyclic) bond motifs is 2. The Hall–Kier alpha value is -2.56. The van der Waals surface area contributed by atoms with Gasteiger partial charge in [-0.3, -0.25) is 14.1 Å². The number of halogens is 1. The summed E-state index contributed by atoms with van der Waals surface area (Å²) in [6, 6.07) is 4.35. The predicted octanol–water partition coefficient (Wildman–Crippen LogP) is 1.75. The summed E-state index contributed by atoms with van der Waals surface area (Å²) in [6.07, 6.45) is 0. The number of hydrogen-bond acceptors (Lipinski definition) is 6. The number of nitrogens with two attached hydrogens (primary N) is 1. The number of benzene rings is 2. The highest BCUT2D eigenvalue weighted by Gasteiger charge is 2.36. The lowest BCUT2D eigenvalue weighted by Crippen LogP contribution is -2.25. The number of ketones is 2. The minimum atomic E-state index is -4.74. The minimum Gasteiger partial charge on any atom is -0.478 e. The van der Waals surface area contributed by atoms with Crippen molar-refractivity contribution < 1.29 is 32.5 Å². The van der Waals surface area contributed by atoms with E-state index in [2.05, 4.69) is 15.9 Å². The van der Waals surface area contributed by atoms with Crippen LogP contribution in [0.3, 0.4) is 0 Å². The summed E-state index contributed by atoms with van der Waals surface area (Å²) >= 11 is 3.02. The Bertz CT molecular complexity index is 1110. The summed E-state index contributed by atoms with van der Waals surface area (Å²) in [6.45, 7) is 0. The summed E-state index contributed by atoms with van der Waals surface area (Å²) in [4.78, 5) is 35.8.